The first-order chi connectivity index (χ1) is 9.10. The van der Waals surface area contributed by atoms with Gasteiger partial charge in [0.15, 0.2) is 5.75 Å². The molecule has 2 rings (SSSR count). The molecule has 0 amide bonds. The first-order valence-corrected chi connectivity index (χ1v) is 5.99. The first-order valence-electron chi connectivity index (χ1n) is 5.61. The van der Waals surface area contributed by atoms with Crippen LogP contribution in [0.5, 0.6) is 11.6 Å². The Hall–Kier alpha value is -2.15. The number of aryl methyl sites for hydroxylation is 1. The SMILES string of the molecule is CCCn1cc(Oc2nc(Cl)ccc2[N+](=O)[O-])cn1. The van der Waals surface area contributed by atoms with E-state index < -0.39 is 4.92 Å². The summed E-state index contributed by atoms with van der Waals surface area (Å²) in [6.45, 7) is 2.76. The number of pyridine rings is 1. The quantitative estimate of drug-likeness (QED) is 0.478. The molecule has 0 aliphatic rings. The average Bonchev–Trinajstić information content (AvgIpc) is 2.77. The van der Waals surface area contributed by atoms with Crippen LogP contribution in [0.15, 0.2) is 24.5 Å². The van der Waals surface area contributed by atoms with Gasteiger partial charge in [0.1, 0.15) is 5.15 Å². The van der Waals surface area contributed by atoms with Crippen molar-refractivity contribution in [2.24, 2.45) is 0 Å². The minimum atomic E-state index is -0.574. The van der Waals surface area contributed by atoms with E-state index in [4.69, 9.17) is 16.3 Å². The zero-order valence-corrected chi connectivity index (χ0v) is 10.9. The van der Waals surface area contributed by atoms with Crippen LogP contribution >= 0.6 is 11.6 Å². The van der Waals surface area contributed by atoms with E-state index in [1.807, 2.05) is 6.92 Å². The predicted molar refractivity (Wildman–Crippen MR) is 68.5 cm³/mol. The Bertz CT molecular complexity index is 599. The van der Waals surface area contributed by atoms with Gasteiger partial charge >= 0.3 is 11.6 Å². The third kappa shape index (κ3) is 3.19. The molecule has 0 radical (unpaired) electrons. The van der Waals surface area contributed by atoms with Crippen molar-refractivity contribution < 1.29 is 9.66 Å². The average molecular weight is 283 g/mol. The van der Waals surface area contributed by atoms with Gasteiger partial charge in [0.05, 0.1) is 17.3 Å². The summed E-state index contributed by atoms with van der Waals surface area (Å²) in [6.07, 6.45) is 4.05. The molecule has 0 spiro atoms. The fourth-order valence-corrected chi connectivity index (χ4v) is 1.62. The summed E-state index contributed by atoms with van der Waals surface area (Å²) in [5.41, 5.74) is -0.243. The van der Waals surface area contributed by atoms with Crippen molar-refractivity contribution in [1.29, 1.82) is 0 Å². The van der Waals surface area contributed by atoms with Gasteiger partial charge in [-0.15, -0.1) is 0 Å². The van der Waals surface area contributed by atoms with E-state index in [1.54, 1.807) is 10.9 Å². The van der Waals surface area contributed by atoms with Crippen LogP contribution in [-0.4, -0.2) is 19.7 Å². The molecule has 19 heavy (non-hydrogen) atoms. The highest BCUT2D eigenvalue weighted by atomic mass is 35.5. The molecule has 0 aromatic carbocycles. The van der Waals surface area contributed by atoms with Crippen molar-refractivity contribution >= 4 is 17.3 Å². The molecule has 0 bridgehead atoms. The Morgan fingerprint density at radius 2 is 2.32 bits per heavy atom. The Kier molecular flexibility index (Phi) is 3.96. The summed E-state index contributed by atoms with van der Waals surface area (Å²) < 4.78 is 7.04. The highest BCUT2D eigenvalue weighted by Gasteiger charge is 2.18. The van der Waals surface area contributed by atoms with Crippen LogP contribution in [0.1, 0.15) is 13.3 Å². The molecule has 0 fully saturated rings. The summed E-state index contributed by atoms with van der Waals surface area (Å²) in [5, 5.41) is 15.0. The normalized spacial score (nSPS) is 10.4. The molecule has 0 saturated carbocycles. The number of hydrogen-bond acceptors (Lipinski definition) is 5. The van der Waals surface area contributed by atoms with Gasteiger partial charge in [0.25, 0.3) is 0 Å². The lowest BCUT2D eigenvalue weighted by atomic mass is 10.4. The summed E-state index contributed by atoms with van der Waals surface area (Å²) in [7, 11) is 0. The Balaban J connectivity index is 2.26. The van der Waals surface area contributed by atoms with E-state index in [0.29, 0.717) is 5.75 Å². The summed E-state index contributed by atoms with van der Waals surface area (Å²) in [6, 6.07) is 2.59. The van der Waals surface area contributed by atoms with E-state index in [9.17, 15) is 10.1 Å². The molecule has 0 unspecified atom stereocenters. The van der Waals surface area contributed by atoms with E-state index in [0.717, 1.165) is 13.0 Å². The first kappa shape index (κ1) is 13.3. The fraction of sp³-hybridized carbons (Fsp3) is 0.273. The lowest BCUT2D eigenvalue weighted by Gasteiger charge is -2.02. The van der Waals surface area contributed by atoms with Gasteiger partial charge in [-0.3, -0.25) is 14.8 Å². The molecule has 2 heterocycles. The van der Waals surface area contributed by atoms with E-state index >= 15 is 0 Å². The second-order valence-electron chi connectivity index (χ2n) is 3.76. The zero-order valence-electron chi connectivity index (χ0n) is 10.1. The largest absolute Gasteiger partial charge is 0.430 e. The second kappa shape index (κ2) is 5.66. The number of rotatable bonds is 5. The number of nitrogens with zero attached hydrogens (tertiary/aromatic N) is 4. The van der Waals surface area contributed by atoms with Gasteiger partial charge in [-0.05, 0) is 12.5 Å². The third-order valence-corrected chi connectivity index (χ3v) is 2.49. The molecule has 0 atom stereocenters. The highest BCUT2D eigenvalue weighted by molar-refractivity contribution is 6.29. The van der Waals surface area contributed by atoms with Gasteiger partial charge in [0, 0.05) is 12.6 Å². The van der Waals surface area contributed by atoms with Crippen molar-refractivity contribution in [1.82, 2.24) is 14.8 Å². The Morgan fingerprint density at radius 3 is 3.00 bits per heavy atom. The molecule has 0 aliphatic heterocycles. The van der Waals surface area contributed by atoms with E-state index in [1.165, 1.54) is 18.3 Å². The van der Waals surface area contributed by atoms with Crippen molar-refractivity contribution in [2.45, 2.75) is 19.9 Å². The molecule has 2 aromatic heterocycles. The molecule has 0 aliphatic carbocycles. The van der Waals surface area contributed by atoms with Crippen LogP contribution in [-0.2, 0) is 6.54 Å². The van der Waals surface area contributed by atoms with Crippen molar-refractivity contribution in [3.05, 3.63) is 39.8 Å². The number of halogens is 1. The maximum atomic E-state index is 10.9. The molecule has 7 nitrogen and oxygen atoms in total. The highest BCUT2D eigenvalue weighted by Crippen LogP contribution is 2.30. The van der Waals surface area contributed by atoms with Crippen LogP contribution in [0.3, 0.4) is 0 Å². The number of hydrogen-bond donors (Lipinski definition) is 0. The van der Waals surface area contributed by atoms with Crippen molar-refractivity contribution in [2.75, 3.05) is 0 Å². The Labute approximate surface area is 113 Å². The van der Waals surface area contributed by atoms with Crippen LogP contribution in [0.25, 0.3) is 0 Å². The number of nitro groups is 1. The zero-order chi connectivity index (χ0) is 13.8. The molecule has 0 saturated heterocycles. The molecule has 100 valence electrons. The molecular weight excluding hydrogens is 272 g/mol. The topological polar surface area (TPSA) is 83.1 Å². The standard InChI is InChI=1S/C11H11ClN4O3/c1-2-5-15-7-8(6-13-15)19-11-9(16(17)18)3-4-10(12)14-11/h3-4,6-7H,2,5H2,1H3. The van der Waals surface area contributed by atoms with E-state index in [2.05, 4.69) is 10.1 Å². The number of aromatic nitrogens is 3. The molecule has 8 heteroatoms. The molecular formula is C11H11ClN4O3. The van der Waals surface area contributed by atoms with Crippen molar-refractivity contribution in [3.8, 4) is 11.6 Å². The third-order valence-electron chi connectivity index (χ3n) is 2.28. The second-order valence-corrected chi connectivity index (χ2v) is 4.14. The van der Waals surface area contributed by atoms with Crippen LogP contribution < -0.4 is 4.74 Å². The van der Waals surface area contributed by atoms with Gasteiger partial charge < -0.3 is 4.74 Å². The van der Waals surface area contributed by atoms with Crippen LogP contribution in [0, 0.1) is 10.1 Å². The lowest BCUT2D eigenvalue weighted by molar-refractivity contribution is -0.386. The smallest absolute Gasteiger partial charge is 0.331 e. The lowest BCUT2D eigenvalue weighted by Crippen LogP contribution is -1.96. The summed E-state index contributed by atoms with van der Waals surface area (Å²) >= 11 is 5.71. The minimum Gasteiger partial charge on any atom is -0.430 e. The maximum Gasteiger partial charge on any atom is 0.331 e. The Morgan fingerprint density at radius 1 is 1.53 bits per heavy atom. The maximum absolute atomic E-state index is 10.9. The van der Waals surface area contributed by atoms with Gasteiger partial charge in [-0.2, -0.15) is 10.1 Å². The monoisotopic (exact) mass is 282 g/mol. The number of ether oxygens (including phenoxy) is 1. The van der Waals surface area contributed by atoms with Crippen LogP contribution in [0.2, 0.25) is 5.15 Å². The fourth-order valence-electron chi connectivity index (χ4n) is 1.48. The minimum absolute atomic E-state index is 0.126. The van der Waals surface area contributed by atoms with Gasteiger partial charge in [-0.25, -0.2) is 0 Å². The molecule has 2 aromatic rings. The van der Waals surface area contributed by atoms with Gasteiger partial charge in [0.2, 0.25) is 0 Å². The predicted octanol–water partition coefficient (Wildman–Crippen LogP) is 3.04. The van der Waals surface area contributed by atoms with Crippen LogP contribution in [0.4, 0.5) is 5.69 Å². The van der Waals surface area contributed by atoms with E-state index in [-0.39, 0.29) is 16.7 Å². The van der Waals surface area contributed by atoms with Gasteiger partial charge in [-0.1, -0.05) is 18.5 Å². The van der Waals surface area contributed by atoms with Crippen molar-refractivity contribution in [3.63, 3.8) is 0 Å². The molecule has 0 N–H and O–H groups in total. The summed E-state index contributed by atoms with van der Waals surface area (Å²) in [5.74, 6) is 0.236. The summed E-state index contributed by atoms with van der Waals surface area (Å²) in [4.78, 5) is 14.1.